The van der Waals surface area contributed by atoms with Crippen molar-refractivity contribution in [3.05, 3.63) is 30.1 Å². The van der Waals surface area contributed by atoms with E-state index < -0.39 is 0 Å². The third kappa shape index (κ3) is 5.24. The minimum absolute atomic E-state index is 0. The fourth-order valence-corrected chi connectivity index (χ4v) is 3.59. The van der Waals surface area contributed by atoms with Crippen LogP contribution in [0.4, 0.5) is 0 Å². The van der Waals surface area contributed by atoms with Crippen LogP contribution in [0.2, 0.25) is 0 Å². The van der Waals surface area contributed by atoms with E-state index in [4.69, 9.17) is 4.74 Å². The number of hydrogen-bond donors (Lipinski definition) is 0. The molecule has 21 heavy (non-hydrogen) atoms. The first-order valence-electron chi connectivity index (χ1n) is 8.10. The zero-order valence-electron chi connectivity index (χ0n) is 12.7. The van der Waals surface area contributed by atoms with E-state index in [1.54, 1.807) is 0 Å². The fourth-order valence-electron chi connectivity index (χ4n) is 3.59. The Hall–Kier alpha value is -0.640. The van der Waals surface area contributed by atoms with Crippen LogP contribution in [0.15, 0.2) is 24.4 Å². The molecule has 0 amide bonds. The number of nitrogens with zero attached hydrogens (tertiary/aromatic N) is 2. The van der Waals surface area contributed by atoms with Gasteiger partial charge in [-0.3, -0.25) is 4.98 Å². The molecule has 2 aliphatic heterocycles. The molecule has 2 aliphatic rings. The first-order valence-corrected chi connectivity index (χ1v) is 8.10. The van der Waals surface area contributed by atoms with Gasteiger partial charge in [0.15, 0.2) is 0 Å². The Morgan fingerprint density at radius 1 is 1.14 bits per heavy atom. The molecule has 1 aromatic heterocycles. The number of halogens is 1. The molecule has 2 fully saturated rings. The lowest BCUT2D eigenvalue weighted by Gasteiger charge is -2.36. The maximum absolute atomic E-state index is 5.46. The van der Waals surface area contributed by atoms with Crippen molar-refractivity contribution < 1.29 is 4.74 Å². The van der Waals surface area contributed by atoms with Gasteiger partial charge in [0.2, 0.25) is 0 Å². The van der Waals surface area contributed by atoms with Gasteiger partial charge in [-0.2, -0.15) is 0 Å². The van der Waals surface area contributed by atoms with E-state index in [2.05, 4.69) is 22.0 Å². The SMILES string of the molecule is Cl.c1ccc(CC2CCCN(CC3CCOCC3)C2)nc1. The molecule has 3 nitrogen and oxygen atoms in total. The molecule has 0 aromatic carbocycles. The molecule has 0 aliphatic carbocycles. The third-order valence-corrected chi connectivity index (χ3v) is 4.68. The average Bonchev–Trinajstić information content (AvgIpc) is 2.50. The van der Waals surface area contributed by atoms with Gasteiger partial charge in [-0.25, -0.2) is 0 Å². The Morgan fingerprint density at radius 2 is 2.00 bits per heavy atom. The predicted octanol–water partition coefficient (Wildman–Crippen LogP) is 3.18. The lowest BCUT2D eigenvalue weighted by molar-refractivity contribution is 0.0452. The molecule has 3 rings (SSSR count). The summed E-state index contributed by atoms with van der Waals surface area (Å²) in [7, 11) is 0. The van der Waals surface area contributed by atoms with Gasteiger partial charge in [0.25, 0.3) is 0 Å². The summed E-state index contributed by atoms with van der Waals surface area (Å²) in [6.07, 6.45) is 8.27. The largest absolute Gasteiger partial charge is 0.381 e. The summed E-state index contributed by atoms with van der Waals surface area (Å²) >= 11 is 0. The highest BCUT2D eigenvalue weighted by atomic mass is 35.5. The van der Waals surface area contributed by atoms with Gasteiger partial charge in [-0.1, -0.05) is 6.07 Å². The van der Waals surface area contributed by atoms with E-state index in [9.17, 15) is 0 Å². The number of ether oxygens (including phenoxy) is 1. The summed E-state index contributed by atoms with van der Waals surface area (Å²) < 4.78 is 5.46. The molecule has 1 aromatic rings. The molecule has 0 N–H and O–H groups in total. The Morgan fingerprint density at radius 3 is 2.76 bits per heavy atom. The van der Waals surface area contributed by atoms with Gasteiger partial charge in [0.05, 0.1) is 0 Å². The number of hydrogen-bond acceptors (Lipinski definition) is 3. The Labute approximate surface area is 134 Å². The van der Waals surface area contributed by atoms with Gasteiger partial charge in [-0.15, -0.1) is 12.4 Å². The molecule has 0 bridgehead atoms. The van der Waals surface area contributed by atoms with Gasteiger partial charge in [0.1, 0.15) is 0 Å². The van der Waals surface area contributed by atoms with Crippen molar-refractivity contribution in [2.45, 2.75) is 32.1 Å². The fraction of sp³-hybridized carbons (Fsp3) is 0.706. The quantitative estimate of drug-likeness (QED) is 0.854. The van der Waals surface area contributed by atoms with Crippen LogP contribution in [0, 0.1) is 11.8 Å². The zero-order valence-corrected chi connectivity index (χ0v) is 13.6. The molecular formula is C17H27ClN2O. The Bertz CT molecular complexity index is 395. The lowest BCUT2D eigenvalue weighted by Crippen LogP contribution is -2.40. The average molecular weight is 311 g/mol. The Kier molecular flexibility index (Phi) is 6.94. The number of piperidine rings is 1. The van der Waals surface area contributed by atoms with Crippen LogP contribution < -0.4 is 0 Å². The first-order chi connectivity index (χ1) is 9.90. The van der Waals surface area contributed by atoms with Crippen LogP contribution in [0.1, 0.15) is 31.4 Å². The second-order valence-electron chi connectivity index (χ2n) is 6.35. The second kappa shape index (κ2) is 8.72. The maximum Gasteiger partial charge on any atom is 0.0469 e. The zero-order chi connectivity index (χ0) is 13.6. The topological polar surface area (TPSA) is 25.4 Å². The van der Waals surface area contributed by atoms with Gasteiger partial charge >= 0.3 is 0 Å². The minimum atomic E-state index is 0. The summed E-state index contributed by atoms with van der Waals surface area (Å²) in [5, 5.41) is 0. The molecule has 4 heteroatoms. The molecular weight excluding hydrogens is 284 g/mol. The first kappa shape index (κ1) is 16.7. The molecule has 1 atom stereocenters. The van der Waals surface area contributed by atoms with Crippen LogP contribution in [0.3, 0.4) is 0 Å². The normalized spacial score (nSPS) is 24.5. The maximum atomic E-state index is 5.46. The molecule has 1 unspecified atom stereocenters. The van der Waals surface area contributed by atoms with Crippen LogP contribution >= 0.6 is 12.4 Å². The molecule has 0 radical (unpaired) electrons. The van der Waals surface area contributed by atoms with E-state index in [-0.39, 0.29) is 12.4 Å². The molecule has 3 heterocycles. The van der Waals surface area contributed by atoms with Crippen LogP contribution in [0.5, 0.6) is 0 Å². The van der Waals surface area contributed by atoms with Crippen molar-refractivity contribution in [1.82, 2.24) is 9.88 Å². The summed E-state index contributed by atoms with van der Waals surface area (Å²) in [6, 6.07) is 6.27. The number of rotatable bonds is 4. The highest BCUT2D eigenvalue weighted by Gasteiger charge is 2.23. The molecule has 118 valence electrons. The number of likely N-dealkylation sites (tertiary alicyclic amines) is 1. The number of aromatic nitrogens is 1. The van der Waals surface area contributed by atoms with E-state index in [0.717, 1.165) is 31.5 Å². The molecule has 0 saturated carbocycles. The number of pyridine rings is 1. The van der Waals surface area contributed by atoms with Crippen LogP contribution in [-0.4, -0.2) is 42.7 Å². The van der Waals surface area contributed by atoms with E-state index >= 15 is 0 Å². The smallest absolute Gasteiger partial charge is 0.0469 e. The van der Waals surface area contributed by atoms with Gasteiger partial charge < -0.3 is 9.64 Å². The van der Waals surface area contributed by atoms with Crippen molar-refractivity contribution in [3.63, 3.8) is 0 Å². The van der Waals surface area contributed by atoms with Crippen LogP contribution in [0.25, 0.3) is 0 Å². The van der Waals surface area contributed by atoms with E-state index in [1.165, 1.54) is 51.0 Å². The monoisotopic (exact) mass is 310 g/mol. The third-order valence-electron chi connectivity index (χ3n) is 4.68. The van der Waals surface area contributed by atoms with Gasteiger partial charge in [0, 0.05) is 38.2 Å². The second-order valence-corrected chi connectivity index (χ2v) is 6.35. The molecule has 2 saturated heterocycles. The standard InChI is InChI=1S/C17H26N2O.ClH/c1-2-8-18-17(5-1)12-16-4-3-9-19(14-16)13-15-6-10-20-11-7-15;/h1-2,5,8,15-16H,3-4,6-7,9-14H2;1H. The summed E-state index contributed by atoms with van der Waals surface area (Å²) in [4.78, 5) is 7.17. The van der Waals surface area contributed by atoms with E-state index in [1.807, 2.05) is 12.3 Å². The van der Waals surface area contributed by atoms with Crippen molar-refractivity contribution >= 4 is 12.4 Å². The van der Waals surface area contributed by atoms with E-state index in [0.29, 0.717) is 0 Å². The lowest BCUT2D eigenvalue weighted by atomic mass is 9.91. The van der Waals surface area contributed by atoms with Crippen LogP contribution in [-0.2, 0) is 11.2 Å². The highest BCUT2D eigenvalue weighted by molar-refractivity contribution is 5.85. The van der Waals surface area contributed by atoms with Gasteiger partial charge in [-0.05, 0) is 62.6 Å². The minimum Gasteiger partial charge on any atom is -0.381 e. The molecule has 0 spiro atoms. The Balaban J connectivity index is 0.00000161. The highest BCUT2D eigenvalue weighted by Crippen LogP contribution is 2.23. The summed E-state index contributed by atoms with van der Waals surface area (Å²) in [6.45, 7) is 5.76. The van der Waals surface area contributed by atoms with Crippen molar-refractivity contribution in [2.24, 2.45) is 11.8 Å². The summed E-state index contributed by atoms with van der Waals surface area (Å²) in [5.74, 6) is 1.65. The van der Waals surface area contributed by atoms with Crippen molar-refractivity contribution in [3.8, 4) is 0 Å². The van der Waals surface area contributed by atoms with Crippen molar-refractivity contribution in [2.75, 3.05) is 32.8 Å². The predicted molar refractivity (Wildman–Crippen MR) is 87.9 cm³/mol. The summed E-state index contributed by atoms with van der Waals surface area (Å²) in [5.41, 5.74) is 1.26. The van der Waals surface area contributed by atoms with Crippen molar-refractivity contribution in [1.29, 1.82) is 0 Å².